The molecular weight excluding hydrogens is 309 g/mol. The van der Waals surface area contributed by atoms with E-state index < -0.39 is 6.10 Å². The summed E-state index contributed by atoms with van der Waals surface area (Å²) in [7, 11) is 0. The van der Waals surface area contributed by atoms with Crippen molar-refractivity contribution in [2.45, 2.75) is 32.4 Å². The molecular formula is C19H22FNO3. The minimum atomic E-state index is -0.487. The molecule has 5 heteroatoms. The average Bonchev–Trinajstić information content (AvgIpc) is 2.60. The number of amides is 1. The van der Waals surface area contributed by atoms with Gasteiger partial charge in [-0.3, -0.25) is 4.79 Å². The van der Waals surface area contributed by atoms with E-state index in [9.17, 15) is 14.3 Å². The molecule has 128 valence electrons. The van der Waals surface area contributed by atoms with Crippen LogP contribution >= 0.6 is 0 Å². The summed E-state index contributed by atoms with van der Waals surface area (Å²) in [5, 5.41) is 12.5. The molecule has 2 aromatic carbocycles. The Kier molecular flexibility index (Phi) is 6.32. The summed E-state index contributed by atoms with van der Waals surface area (Å²) >= 11 is 0. The molecule has 4 nitrogen and oxygen atoms in total. The highest BCUT2D eigenvalue weighted by atomic mass is 19.1. The highest BCUT2D eigenvalue weighted by molar-refractivity contribution is 5.78. The van der Waals surface area contributed by atoms with Crippen LogP contribution in [-0.4, -0.2) is 17.6 Å². The first-order valence-corrected chi connectivity index (χ1v) is 7.95. The first kappa shape index (κ1) is 17.9. The quantitative estimate of drug-likeness (QED) is 0.816. The van der Waals surface area contributed by atoms with Crippen LogP contribution in [0.4, 0.5) is 4.39 Å². The number of aliphatic hydroxyl groups is 1. The van der Waals surface area contributed by atoms with Crippen LogP contribution in [0, 0.1) is 5.82 Å². The fraction of sp³-hybridized carbons (Fsp3) is 0.316. The van der Waals surface area contributed by atoms with Crippen molar-refractivity contribution in [3.8, 4) is 5.75 Å². The Morgan fingerprint density at radius 1 is 1.12 bits per heavy atom. The average molecular weight is 331 g/mol. The summed E-state index contributed by atoms with van der Waals surface area (Å²) in [6.07, 6.45) is 0.156. The number of aliphatic hydroxyl groups excluding tert-OH is 1. The van der Waals surface area contributed by atoms with Gasteiger partial charge < -0.3 is 15.2 Å². The molecule has 2 atom stereocenters. The third kappa shape index (κ3) is 5.06. The van der Waals surface area contributed by atoms with Crippen molar-refractivity contribution in [3.05, 3.63) is 65.5 Å². The molecule has 0 saturated carbocycles. The Morgan fingerprint density at radius 3 is 2.29 bits per heavy atom. The number of halogens is 1. The van der Waals surface area contributed by atoms with Gasteiger partial charge in [-0.1, -0.05) is 31.2 Å². The van der Waals surface area contributed by atoms with E-state index in [-0.39, 0.29) is 24.4 Å². The van der Waals surface area contributed by atoms with Gasteiger partial charge in [0.1, 0.15) is 11.6 Å². The fourth-order valence-electron chi connectivity index (χ4n) is 2.29. The molecule has 2 unspecified atom stereocenters. The van der Waals surface area contributed by atoms with Crippen molar-refractivity contribution < 1.29 is 19.0 Å². The maximum Gasteiger partial charge on any atom is 0.258 e. The lowest BCUT2D eigenvalue weighted by Gasteiger charge is -2.15. The Hall–Kier alpha value is -2.40. The molecule has 0 radical (unpaired) electrons. The first-order valence-electron chi connectivity index (χ1n) is 7.95. The van der Waals surface area contributed by atoms with Crippen LogP contribution in [-0.2, 0) is 4.79 Å². The maximum atomic E-state index is 12.9. The number of hydrogen-bond donors (Lipinski definition) is 2. The van der Waals surface area contributed by atoms with E-state index in [1.54, 1.807) is 36.4 Å². The second-order valence-electron chi connectivity index (χ2n) is 5.62. The molecule has 0 aliphatic rings. The van der Waals surface area contributed by atoms with Gasteiger partial charge in [0.05, 0.1) is 12.1 Å². The lowest BCUT2D eigenvalue weighted by molar-refractivity contribution is -0.123. The van der Waals surface area contributed by atoms with Crippen LogP contribution < -0.4 is 10.1 Å². The van der Waals surface area contributed by atoms with E-state index in [0.29, 0.717) is 12.2 Å². The number of carbonyl (C=O) groups excluding carboxylic acids is 1. The normalized spacial score (nSPS) is 13.2. The zero-order valence-corrected chi connectivity index (χ0v) is 13.8. The number of benzene rings is 2. The molecule has 1 amide bonds. The maximum absolute atomic E-state index is 12.9. The third-order valence-electron chi connectivity index (χ3n) is 3.77. The predicted molar refractivity (Wildman–Crippen MR) is 90.1 cm³/mol. The Morgan fingerprint density at radius 2 is 1.71 bits per heavy atom. The number of hydrogen-bond acceptors (Lipinski definition) is 3. The van der Waals surface area contributed by atoms with Crippen molar-refractivity contribution in [2.24, 2.45) is 0 Å². The van der Waals surface area contributed by atoms with E-state index >= 15 is 0 Å². The van der Waals surface area contributed by atoms with Crippen molar-refractivity contribution in [1.29, 1.82) is 0 Å². The van der Waals surface area contributed by atoms with Crippen molar-refractivity contribution in [1.82, 2.24) is 5.32 Å². The van der Waals surface area contributed by atoms with Crippen molar-refractivity contribution in [2.75, 3.05) is 6.61 Å². The van der Waals surface area contributed by atoms with Gasteiger partial charge in [-0.05, 0) is 48.7 Å². The zero-order chi connectivity index (χ0) is 17.5. The predicted octanol–water partition coefficient (Wildman–Crippen LogP) is 3.53. The van der Waals surface area contributed by atoms with E-state index in [4.69, 9.17) is 4.74 Å². The molecule has 2 rings (SSSR count). The number of nitrogens with one attached hydrogen (secondary N) is 1. The summed E-state index contributed by atoms with van der Waals surface area (Å²) in [4.78, 5) is 11.9. The van der Waals surface area contributed by atoms with Crippen LogP contribution in [0.25, 0.3) is 0 Å². The molecule has 0 heterocycles. The van der Waals surface area contributed by atoms with Crippen LogP contribution in [0.1, 0.15) is 43.5 Å². The number of rotatable bonds is 7. The molecule has 2 N–H and O–H groups in total. The number of carbonyl (C=O) groups is 1. The molecule has 24 heavy (non-hydrogen) atoms. The molecule has 0 bridgehead atoms. The summed E-state index contributed by atoms with van der Waals surface area (Å²) in [6.45, 7) is 3.62. The van der Waals surface area contributed by atoms with Crippen LogP contribution in [0.3, 0.4) is 0 Å². The lowest BCUT2D eigenvalue weighted by Crippen LogP contribution is -2.31. The van der Waals surface area contributed by atoms with Gasteiger partial charge in [-0.2, -0.15) is 0 Å². The molecule has 0 saturated heterocycles. The summed E-state index contributed by atoms with van der Waals surface area (Å²) in [5.41, 5.74) is 1.64. The van der Waals surface area contributed by atoms with Gasteiger partial charge in [0, 0.05) is 0 Å². The van der Waals surface area contributed by atoms with Crippen LogP contribution in [0.5, 0.6) is 5.75 Å². The second kappa shape index (κ2) is 8.45. The molecule has 2 aromatic rings. The van der Waals surface area contributed by atoms with Crippen LogP contribution in [0.2, 0.25) is 0 Å². The summed E-state index contributed by atoms with van der Waals surface area (Å²) in [5.74, 6) is -0.00613. The highest BCUT2D eigenvalue weighted by Gasteiger charge is 2.10. The topological polar surface area (TPSA) is 58.6 Å². The van der Waals surface area contributed by atoms with E-state index in [2.05, 4.69) is 5.32 Å². The minimum Gasteiger partial charge on any atom is -0.484 e. The zero-order valence-electron chi connectivity index (χ0n) is 13.8. The Balaban J connectivity index is 1.83. The second-order valence-corrected chi connectivity index (χ2v) is 5.62. The first-order chi connectivity index (χ1) is 11.5. The highest BCUT2D eigenvalue weighted by Crippen LogP contribution is 2.20. The van der Waals surface area contributed by atoms with Crippen LogP contribution in [0.15, 0.2) is 48.5 Å². The van der Waals surface area contributed by atoms with Crippen molar-refractivity contribution in [3.63, 3.8) is 0 Å². The SMILES string of the molecule is CCC(O)c1ccc(OCC(=O)NC(C)c2ccc(F)cc2)cc1. The molecule has 0 aromatic heterocycles. The fourth-order valence-corrected chi connectivity index (χ4v) is 2.29. The largest absolute Gasteiger partial charge is 0.484 e. The minimum absolute atomic E-state index is 0.110. The van der Waals surface area contributed by atoms with Gasteiger partial charge in [0.15, 0.2) is 6.61 Å². The van der Waals surface area contributed by atoms with Gasteiger partial charge in [-0.25, -0.2) is 4.39 Å². The monoisotopic (exact) mass is 331 g/mol. The smallest absolute Gasteiger partial charge is 0.258 e. The van der Waals surface area contributed by atoms with Crippen molar-refractivity contribution >= 4 is 5.91 Å². The van der Waals surface area contributed by atoms with E-state index in [0.717, 1.165) is 11.1 Å². The molecule has 0 fully saturated rings. The third-order valence-corrected chi connectivity index (χ3v) is 3.77. The molecule has 0 spiro atoms. The van der Waals surface area contributed by atoms with Gasteiger partial charge in [0.25, 0.3) is 5.91 Å². The van der Waals surface area contributed by atoms with Gasteiger partial charge in [-0.15, -0.1) is 0 Å². The standard InChI is InChI=1S/C19H22FNO3/c1-3-18(22)15-6-10-17(11-7-15)24-12-19(23)21-13(2)14-4-8-16(20)9-5-14/h4-11,13,18,22H,3,12H2,1-2H3,(H,21,23). The lowest BCUT2D eigenvalue weighted by atomic mass is 10.1. The molecule has 0 aliphatic heterocycles. The Labute approximate surface area is 141 Å². The Bertz CT molecular complexity index is 655. The molecule has 0 aliphatic carbocycles. The van der Waals surface area contributed by atoms with E-state index in [1.807, 2.05) is 13.8 Å². The van der Waals surface area contributed by atoms with E-state index in [1.165, 1.54) is 12.1 Å². The summed E-state index contributed by atoms with van der Waals surface area (Å²) in [6, 6.07) is 12.8. The van der Waals surface area contributed by atoms with Gasteiger partial charge >= 0.3 is 0 Å². The van der Waals surface area contributed by atoms with Gasteiger partial charge in [0.2, 0.25) is 0 Å². The summed E-state index contributed by atoms with van der Waals surface area (Å²) < 4.78 is 18.3. The number of ether oxygens (including phenoxy) is 1.